The molecule has 2 N–H and O–H groups in total. The Kier molecular flexibility index (Phi) is 5.79. The first-order valence-corrected chi connectivity index (χ1v) is 13.6. The van der Waals surface area contributed by atoms with E-state index in [9.17, 15) is 9.90 Å². The summed E-state index contributed by atoms with van der Waals surface area (Å²) in [6.45, 7) is 8.75. The molecule has 3 saturated heterocycles. The number of piperazine rings is 1. The molecule has 8 rings (SSSR count). The summed E-state index contributed by atoms with van der Waals surface area (Å²) in [7, 11) is 2.22. The standard InChI is InChI=1S/C29H32N8O3/c1-4-12-36-27(38)23-15-30-28(31-18-6-8-19(9-7-18)34-16-21-13-22(17-34)33(21)3)32-26(23)37(36)20-10-11-25-24(14-20)35(5-2)29(39)40-25/h4,6-11,14-15,21-22,29,39H,1,5,12-13,16-17H2,2-3H3,(H,30,31,32). The van der Waals surface area contributed by atoms with Crippen LogP contribution in [0, 0.1) is 0 Å². The van der Waals surface area contributed by atoms with Gasteiger partial charge in [-0.25, -0.2) is 14.3 Å². The second-order valence-electron chi connectivity index (χ2n) is 10.6. The molecule has 4 aromatic rings. The van der Waals surface area contributed by atoms with Gasteiger partial charge in [0.05, 0.1) is 17.9 Å². The molecule has 0 aliphatic carbocycles. The van der Waals surface area contributed by atoms with Crippen molar-refractivity contribution < 1.29 is 9.84 Å². The Morgan fingerprint density at radius 3 is 2.60 bits per heavy atom. The van der Waals surface area contributed by atoms with Crippen LogP contribution in [0.3, 0.4) is 0 Å². The van der Waals surface area contributed by atoms with E-state index in [1.54, 1.807) is 32.6 Å². The molecule has 0 radical (unpaired) electrons. The van der Waals surface area contributed by atoms with Gasteiger partial charge < -0.3 is 25.0 Å². The summed E-state index contributed by atoms with van der Waals surface area (Å²) in [6, 6.07) is 15.2. The summed E-state index contributed by atoms with van der Waals surface area (Å²) in [5.41, 5.74) is 3.80. The van der Waals surface area contributed by atoms with E-state index in [-0.39, 0.29) is 5.56 Å². The number of fused-ring (bicyclic) bond motifs is 4. The molecular weight excluding hydrogens is 508 g/mol. The maximum Gasteiger partial charge on any atom is 0.281 e. The highest BCUT2D eigenvalue weighted by molar-refractivity contribution is 5.78. The van der Waals surface area contributed by atoms with Gasteiger partial charge in [0.1, 0.15) is 11.1 Å². The fourth-order valence-corrected chi connectivity index (χ4v) is 6.11. The number of aromatic nitrogens is 4. The second-order valence-corrected chi connectivity index (χ2v) is 10.6. The van der Waals surface area contributed by atoms with Crippen molar-refractivity contribution in [1.29, 1.82) is 0 Å². The van der Waals surface area contributed by atoms with Crippen molar-refractivity contribution >= 4 is 34.0 Å². The number of hydrogen-bond donors (Lipinski definition) is 2. The van der Waals surface area contributed by atoms with Gasteiger partial charge in [-0.1, -0.05) is 6.08 Å². The molecule has 11 nitrogen and oxygen atoms in total. The van der Waals surface area contributed by atoms with Crippen LogP contribution in [0.4, 0.5) is 23.0 Å². The lowest BCUT2D eigenvalue weighted by Gasteiger charge is -2.55. The molecule has 206 valence electrons. The minimum atomic E-state index is -1.04. The number of benzene rings is 2. The topological polar surface area (TPSA) is 104 Å². The molecule has 4 aliphatic heterocycles. The van der Waals surface area contributed by atoms with Crippen LogP contribution < -0.4 is 25.4 Å². The number of nitrogens with zero attached hydrogens (tertiary/aromatic N) is 7. The number of anilines is 4. The highest BCUT2D eigenvalue weighted by Gasteiger charge is 2.42. The third-order valence-corrected chi connectivity index (χ3v) is 8.36. The first-order chi connectivity index (χ1) is 19.4. The van der Waals surface area contributed by atoms with E-state index in [4.69, 9.17) is 9.72 Å². The van der Waals surface area contributed by atoms with Crippen LogP contribution in [0.15, 0.2) is 66.1 Å². The maximum atomic E-state index is 13.3. The predicted molar refractivity (Wildman–Crippen MR) is 155 cm³/mol. The van der Waals surface area contributed by atoms with E-state index in [1.165, 1.54) is 12.1 Å². The van der Waals surface area contributed by atoms with Gasteiger partial charge in [-0.05, 0) is 62.9 Å². The Balaban J connectivity index is 1.22. The average molecular weight is 541 g/mol. The average Bonchev–Trinajstić information content (AvgIpc) is 3.44. The number of aliphatic hydroxyl groups excluding tert-OH is 1. The zero-order chi connectivity index (χ0) is 27.5. The van der Waals surface area contributed by atoms with Crippen molar-refractivity contribution in [1.82, 2.24) is 24.2 Å². The van der Waals surface area contributed by atoms with E-state index in [0.29, 0.717) is 53.6 Å². The van der Waals surface area contributed by atoms with Gasteiger partial charge in [0.2, 0.25) is 5.95 Å². The smallest absolute Gasteiger partial charge is 0.281 e. The number of nitrogens with one attached hydrogen (secondary N) is 1. The van der Waals surface area contributed by atoms with Gasteiger partial charge in [0.25, 0.3) is 12.0 Å². The lowest BCUT2D eigenvalue weighted by molar-refractivity contribution is -0.00189. The van der Waals surface area contributed by atoms with E-state index < -0.39 is 6.41 Å². The van der Waals surface area contributed by atoms with Crippen LogP contribution >= 0.6 is 0 Å². The van der Waals surface area contributed by atoms with Crippen LogP contribution in [0.25, 0.3) is 16.7 Å². The lowest BCUT2D eigenvalue weighted by atomic mass is 9.88. The molecule has 0 amide bonds. The molecule has 4 aliphatic rings. The summed E-state index contributed by atoms with van der Waals surface area (Å²) < 4.78 is 8.91. The van der Waals surface area contributed by atoms with Crippen LogP contribution in [-0.4, -0.2) is 74.5 Å². The van der Waals surface area contributed by atoms with Crippen molar-refractivity contribution in [3.8, 4) is 11.4 Å². The molecule has 2 bridgehead atoms. The highest BCUT2D eigenvalue weighted by atomic mass is 16.6. The Labute approximate surface area is 231 Å². The highest BCUT2D eigenvalue weighted by Crippen LogP contribution is 2.38. The third kappa shape index (κ3) is 3.84. The molecule has 6 heterocycles. The Bertz CT molecular complexity index is 1650. The van der Waals surface area contributed by atoms with Gasteiger partial charge in [0, 0.05) is 49.3 Å². The largest absolute Gasteiger partial charge is 0.445 e. The summed E-state index contributed by atoms with van der Waals surface area (Å²) in [5, 5.41) is 14.0. The van der Waals surface area contributed by atoms with Gasteiger partial charge in [-0.15, -0.1) is 6.58 Å². The zero-order valence-electron chi connectivity index (χ0n) is 22.6. The molecule has 2 aromatic heterocycles. The number of rotatable bonds is 7. The van der Waals surface area contributed by atoms with Crippen LogP contribution in [0.2, 0.25) is 0 Å². The van der Waals surface area contributed by atoms with E-state index >= 15 is 0 Å². The number of hydrogen-bond acceptors (Lipinski definition) is 9. The first-order valence-electron chi connectivity index (χ1n) is 13.6. The molecule has 40 heavy (non-hydrogen) atoms. The summed E-state index contributed by atoms with van der Waals surface area (Å²) >= 11 is 0. The van der Waals surface area contributed by atoms with Crippen molar-refractivity contribution in [2.75, 3.05) is 41.8 Å². The van der Waals surface area contributed by atoms with E-state index in [1.807, 2.05) is 31.2 Å². The number of likely N-dealkylation sites (N-methyl/N-ethyl adjacent to an activating group) is 1. The molecule has 0 saturated carbocycles. The Morgan fingerprint density at radius 2 is 1.90 bits per heavy atom. The summed E-state index contributed by atoms with van der Waals surface area (Å²) in [5.74, 6) is 0.974. The maximum absolute atomic E-state index is 13.3. The van der Waals surface area contributed by atoms with Crippen molar-refractivity contribution in [2.45, 2.75) is 38.4 Å². The summed E-state index contributed by atoms with van der Waals surface area (Å²) in [6.07, 6.45) is 3.49. The van der Waals surface area contributed by atoms with E-state index in [0.717, 1.165) is 24.5 Å². The van der Waals surface area contributed by atoms with Gasteiger partial charge in [-0.3, -0.25) is 9.69 Å². The van der Waals surface area contributed by atoms with Crippen LogP contribution in [0.5, 0.6) is 5.75 Å². The molecule has 2 aromatic carbocycles. The van der Waals surface area contributed by atoms with E-state index in [2.05, 4.69) is 45.9 Å². The molecular formula is C29H32N8O3. The fourth-order valence-electron chi connectivity index (χ4n) is 6.11. The quantitative estimate of drug-likeness (QED) is 0.343. The number of allylic oxidation sites excluding steroid dienone is 1. The lowest BCUT2D eigenvalue weighted by Crippen LogP contribution is -2.67. The Hall–Kier alpha value is -4.35. The first kappa shape index (κ1) is 24.7. The number of aliphatic hydroxyl groups is 1. The molecule has 3 fully saturated rings. The van der Waals surface area contributed by atoms with Crippen molar-refractivity contribution in [3.63, 3.8) is 0 Å². The minimum Gasteiger partial charge on any atom is -0.445 e. The predicted octanol–water partition coefficient (Wildman–Crippen LogP) is 2.90. The molecule has 11 heteroatoms. The third-order valence-electron chi connectivity index (χ3n) is 8.36. The minimum absolute atomic E-state index is 0.208. The zero-order valence-corrected chi connectivity index (χ0v) is 22.6. The molecule has 3 unspecified atom stereocenters. The van der Waals surface area contributed by atoms with Gasteiger partial charge >= 0.3 is 0 Å². The van der Waals surface area contributed by atoms with Crippen molar-refractivity contribution in [3.05, 3.63) is 71.7 Å². The number of piperidine rings is 1. The monoisotopic (exact) mass is 540 g/mol. The van der Waals surface area contributed by atoms with Crippen molar-refractivity contribution in [2.24, 2.45) is 0 Å². The summed E-state index contributed by atoms with van der Waals surface area (Å²) in [4.78, 5) is 29.2. The molecule has 3 atom stereocenters. The fraction of sp³-hybridized carbons (Fsp3) is 0.345. The van der Waals surface area contributed by atoms with Gasteiger partial charge in [0.15, 0.2) is 5.65 Å². The second kappa shape index (κ2) is 9.39. The molecule has 0 spiro atoms. The SMILES string of the molecule is C=CCn1c(=O)c2cnc(Nc3ccc(N4CC5CC(C4)N5C)cc3)nc2n1-c1ccc2c(c1)N(CC)C(O)O2. The van der Waals surface area contributed by atoms with Crippen LogP contribution in [0.1, 0.15) is 13.3 Å². The Morgan fingerprint density at radius 1 is 1.15 bits per heavy atom. The van der Waals surface area contributed by atoms with Gasteiger partial charge in [-0.2, -0.15) is 4.98 Å². The number of ether oxygens (including phenoxy) is 1. The van der Waals surface area contributed by atoms with Crippen LogP contribution in [-0.2, 0) is 6.54 Å². The normalized spacial score (nSPS) is 21.7.